The first-order valence-electron chi connectivity index (χ1n) is 9.50. The van der Waals surface area contributed by atoms with Gasteiger partial charge in [0.05, 0.1) is 17.1 Å². The molecule has 1 aliphatic rings. The highest BCUT2D eigenvalue weighted by molar-refractivity contribution is 7.09. The number of fused-ring (bicyclic) bond motifs is 3. The Morgan fingerprint density at radius 2 is 2.26 bits per heavy atom. The summed E-state index contributed by atoms with van der Waals surface area (Å²) in [5.41, 5.74) is 4.37. The highest BCUT2D eigenvalue weighted by atomic mass is 32.1. The minimum atomic E-state index is -0.723. The maximum absolute atomic E-state index is 11.4. The molecule has 3 aromatic rings. The summed E-state index contributed by atoms with van der Waals surface area (Å²) >= 11 is 1.62. The summed E-state index contributed by atoms with van der Waals surface area (Å²) in [4.78, 5) is 19.3. The molecule has 0 amide bonds. The lowest BCUT2D eigenvalue weighted by molar-refractivity contribution is -0.137. The third-order valence-corrected chi connectivity index (χ3v) is 6.08. The minimum Gasteiger partial charge on any atom is -0.487 e. The zero-order chi connectivity index (χ0) is 18.8. The molecule has 142 valence electrons. The van der Waals surface area contributed by atoms with Crippen LogP contribution in [-0.4, -0.2) is 21.0 Å². The molecule has 2 heterocycles. The number of H-pyrrole nitrogens is 1. The fourth-order valence-corrected chi connectivity index (χ4v) is 4.67. The molecular weight excluding hydrogens is 360 g/mol. The Balaban J connectivity index is 1.63. The number of carboxylic acid groups (broad SMARTS) is 1. The van der Waals surface area contributed by atoms with Crippen LogP contribution in [0, 0.1) is 6.92 Å². The second-order valence-corrected chi connectivity index (χ2v) is 8.33. The first-order valence-corrected chi connectivity index (χ1v) is 10.4. The highest BCUT2D eigenvalue weighted by Crippen LogP contribution is 2.38. The quantitative estimate of drug-likeness (QED) is 0.635. The molecule has 0 radical (unpaired) electrons. The summed E-state index contributed by atoms with van der Waals surface area (Å²) in [5.74, 6) is 0.160. The number of carbonyl (C=O) groups is 1. The fourth-order valence-electron chi connectivity index (χ4n) is 4.07. The van der Waals surface area contributed by atoms with Crippen LogP contribution >= 0.6 is 11.3 Å². The van der Waals surface area contributed by atoms with Gasteiger partial charge >= 0.3 is 5.97 Å². The van der Waals surface area contributed by atoms with E-state index in [0.29, 0.717) is 6.61 Å². The molecule has 2 aromatic heterocycles. The van der Waals surface area contributed by atoms with E-state index in [9.17, 15) is 9.90 Å². The van der Waals surface area contributed by atoms with Crippen LogP contribution in [0.25, 0.3) is 10.9 Å². The number of nitrogens with zero attached hydrogens (tertiary/aromatic N) is 1. The van der Waals surface area contributed by atoms with Gasteiger partial charge in [-0.3, -0.25) is 4.79 Å². The van der Waals surface area contributed by atoms with E-state index in [4.69, 9.17) is 4.74 Å². The SMILES string of the molecule is Cc1nc(COc2ccc3c4c([nH]c3c2)CCCCCC4CC(=O)O)cs1. The first kappa shape index (κ1) is 18.0. The van der Waals surface area contributed by atoms with Gasteiger partial charge in [0, 0.05) is 28.0 Å². The van der Waals surface area contributed by atoms with Crippen LogP contribution in [0.5, 0.6) is 5.75 Å². The summed E-state index contributed by atoms with van der Waals surface area (Å²) in [6.07, 6.45) is 5.51. The monoisotopic (exact) mass is 384 g/mol. The zero-order valence-electron chi connectivity index (χ0n) is 15.5. The van der Waals surface area contributed by atoms with Gasteiger partial charge in [0.15, 0.2) is 0 Å². The zero-order valence-corrected chi connectivity index (χ0v) is 16.3. The van der Waals surface area contributed by atoms with E-state index < -0.39 is 5.97 Å². The van der Waals surface area contributed by atoms with Gasteiger partial charge in [-0.1, -0.05) is 12.8 Å². The topological polar surface area (TPSA) is 75.2 Å². The first-order chi connectivity index (χ1) is 13.1. The number of rotatable bonds is 5. The maximum atomic E-state index is 11.4. The van der Waals surface area contributed by atoms with Crippen molar-refractivity contribution in [1.82, 2.24) is 9.97 Å². The van der Waals surface area contributed by atoms with Gasteiger partial charge in [0.1, 0.15) is 12.4 Å². The Labute approximate surface area is 162 Å². The molecular formula is C21H24N2O3S. The summed E-state index contributed by atoms with van der Waals surface area (Å²) in [5, 5.41) is 13.5. The van der Waals surface area contributed by atoms with Crippen molar-refractivity contribution in [2.24, 2.45) is 0 Å². The standard InChI is InChI=1S/C21H24N2O3S/c1-13-22-15(12-27-13)11-26-16-7-8-17-19(10-16)23-18-6-4-2-3-5-14(21(17)18)9-20(24)25/h7-8,10,12,14,23H,2-6,9,11H2,1H3,(H,24,25). The predicted molar refractivity (Wildman–Crippen MR) is 107 cm³/mol. The van der Waals surface area contributed by atoms with Crippen molar-refractivity contribution in [1.29, 1.82) is 0 Å². The lowest BCUT2D eigenvalue weighted by Gasteiger charge is -2.19. The average molecular weight is 385 g/mol. The van der Waals surface area contributed by atoms with E-state index in [1.807, 2.05) is 24.4 Å². The Kier molecular flexibility index (Phi) is 5.16. The molecule has 27 heavy (non-hydrogen) atoms. The van der Waals surface area contributed by atoms with Crippen molar-refractivity contribution in [3.63, 3.8) is 0 Å². The fraction of sp³-hybridized carbons (Fsp3) is 0.429. The number of aromatic nitrogens is 2. The van der Waals surface area contributed by atoms with Crippen LogP contribution in [0.1, 0.15) is 60.0 Å². The largest absolute Gasteiger partial charge is 0.487 e. The number of hydrogen-bond acceptors (Lipinski definition) is 4. The lowest BCUT2D eigenvalue weighted by Crippen LogP contribution is -2.10. The van der Waals surface area contributed by atoms with Gasteiger partial charge in [-0.15, -0.1) is 11.3 Å². The number of thiazole rings is 1. The summed E-state index contributed by atoms with van der Waals surface area (Å²) in [6.45, 7) is 2.44. The van der Waals surface area contributed by atoms with Gasteiger partial charge in [0.2, 0.25) is 0 Å². The van der Waals surface area contributed by atoms with Crippen LogP contribution in [0.15, 0.2) is 23.6 Å². The summed E-state index contributed by atoms with van der Waals surface area (Å²) in [6, 6.07) is 6.08. The van der Waals surface area contributed by atoms with E-state index in [1.165, 1.54) is 11.3 Å². The molecule has 1 atom stereocenters. The molecule has 1 unspecified atom stereocenters. The van der Waals surface area contributed by atoms with Crippen molar-refractivity contribution in [2.75, 3.05) is 0 Å². The van der Waals surface area contributed by atoms with Gasteiger partial charge in [0.25, 0.3) is 0 Å². The molecule has 0 bridgehead atoms. The predicted octanol–water partition coefficient (Wildman–Crippen LogP) is 5.19. The third-order valence-electron chi connectivity index (χ3n) is 5.25. The summed E-state index contributed by atoms with van der Waals surface area (Å²) < 4.78 is 5.92. The smallest absolute Gasteiger partial charge is 0.303 e. The van der Waals surface area contributed by atoms with Gasteiger partial charge < -0.3 is 14.8 Å². The molecule has 4 rings (SSSR count). The second-order valence-electron chi connectivity index (χ2n) is 7.27. The Morgan fingerprint density at radius 3 is 3.04 bits per heavy atom. The number of benzene rings is 1. The van der Waals surface area contributed by atoms with Crippen LogP contribution in [0.2, 0.25) is 0 Å². The third kappa shape index (κ3) is 4.00. The van der Waals surface area contributed by atoms with E-state index >= 15 is 0 Å². The Morgan fingerprint density at radius 1 is 1.37 bits per heavy atom. The Hall–Kier alpha value is -2.34. The molecule has 1 aromatic carbocycles. The number of aliphatic carboxylic acids is 1. The van der Waals surface area contributed by atoms with Crippen molar-refractivity contribution < 1.29 is 14.6 Å². The van der Waals surface area contributed by atoms with Crippen molar-refractivity contribution in [3.05, 3.63) is 45.5 Å². The molecule has 0 spiro atoms. The number of ether oxygens (including phenoxy) is 1. The minimum absolute atomic E-state index is 0.0799. The molecule has 2 N–H and O–H groups in total. The number of carboxylic acids is 1. The van der Waals surface area contributed by atoms with Crippen molar-refractivity contribution in [3.8, 4) is 5.75 Å². The van der Waals surface area contributed by atoms with Crippen LogP contribution in [0.4, 0.5) is 0 Å². The second kappa shape index (κ2) is 7.72. The number of nitrogens with one attached hydrogen (secondary N) is 1. The van der Waals surface area contributed by atoms with E-state index in [1.54, 1.807) is 11.3 Å². The van der Waals surface area contributed by atoms with Gasteiger partial charge in [-0.2, -0.15) is 0 Å². The summed E-state index contributed by atoms with van der Waals surface area (Å²) in [7, 11) is 0. The molecule has 0 fully saturated rings. The number of hydrogen-bond donors (Lipinski definition) is 2. The van der Waals surface area contributed by atoms with E-state index in [2.05, 4.69) is 16.0 Å². The molecule has 0 saturated carbocycles. The van der Waals surface area contributed by atoms with Crippen molar-refractivity contribution >= 4 is 28.2 Å². The normalized spacial score (nSPS) is 17.3. The molecule has 0 aliphatic heterocycles. The van der Waals surface area contributed by atoms with Crippen molar-refractivity contribution in [2.45, 2.75) is 58.0 Å². The molecule has 6 heteroatoms. The molecule has 1 aliphatic carbocycles. The van der Waals surface area contributed by atoms with E-state index in [-0.39, 0.29) is 12.3 Å². The van der Waals surface area contributed by atoms with Crippen LogP contribution in [-0.2, 0) is 17.8 Å². The van der Waals surface area contributed by atoms with Crippen LogP contribution < -0.4 is 4.74 Å². The molecule has 0 saturated heterocycles. The maximum Gasteiger partial charge on any atom is 0.303 e. The van der Waals surface area contributed by atoms with Gasteiger partial charge in [-0.05, 0) is 49.8 Å². The van der Waals surface area contributed by atoms with Crippen LogP contribution in [0.3, 0.4) is 0 Å². The highest BCUT2D eigenvalue weighted by Gasteiger charge is 2.24. The van der Waals surface area contributed by atoms with E-state index in [0.717, 1.165) is 59.5 Å². The average Bonchev–Trinajstić information content (AvgIpc) is 3.18. The number of aryl methyl sites for hydroxylation is 2. The number of aromatic amines is 1. The molecule has 5 nitrogen and oxygen atoms in total. The Bertz CT molecular complexity index is 960. The lowest BCUT2D eigenvalue weighted by atomic mass is 9.85. The van der Waals surface area contributed by atoms with Gasteiger partial charge in [-0.25, -0.2) is 4.98 Å².